The number of halogens is 4. The van der Waals surface area contributed by atoms with Gasteiger partial charge in [-0.3, -0.25) is 4.98 Å². The minimum Gasteiger partial charge on any atom is -0.349 e. The monoisotopic (exact) mass is 362 g/mol. The molecule has 8 heteroatoms. The molecule has 1 atom stereocenters. The number of hydrogen-bond donors (Lipinski definition) is 1. The molecule has 3 heterocycles. The van der Waals surface area contributed by atoms with Crippen LogP contribution in [-0.2, 0) is 6.42 Å². The van der Waals surface area contributed by atoms with E-state index in [1.165, 1.54) is 30.6 Å². The first-order chi connectivity index (χ1) is 12.4. The molecule has 4 nitrogen and oxygen atoms in total. The Morgan fingerprint density at radius 3 is 2.65 bits per heavy atom. The highest BCUT2D eigenvalue weighted by molar-refractivity contribution is 5.76. The number of hydrogen-bond acceptors (Lipinski definition) is 3. The van der Waals surface area contributed by atoms with Crippen molar-refractivity contribution in [2.45, 2.75) is 18.5 Å². The van der Waals surface area contributed by atoms with Crippen molar-refractivity contribution in [2.75, 3.05) is 11.4 Å². The molecule has 0 bridgehead atoms. The van der Waals surface area contributed by atoms with E-state index in [9.17, 15) is 17.6 Å². The summed E-state index contributed by atoms with van der Waals surface area (Å²) in [6.07, 6.45) is 2.00. The van der Waals surface area contributed by atoms with E-state index in [1.54, 1.807) is 17.3 Å². The maximum atomic E-state index is 13.8. The molecule has 134 valence electrons. The van der Waals surface area contributed by atoms with Crippen LogP contribution in [0.15, 0.2) is 49.1 Å². The number of H-pyrrole nitrogens is 1. The van der Waals surface area contributed by atoms with Crippen LogP contribution in [0, 0.1) is 5.82 Å². The Hall–Kier alpha value is -2.90. The normalized spacial score (nSPS) is 16.3. The van der Waals surface area contributed by atoms with Gasteiger partial charge in [0.25, 0.3) is 0 Å². The van der Waals surface area contributed by atoms with Crippen LogP contribution < -0.4 is 4.90 Å². The van der Waals surface area contributed by atoms with Crippen LogP contribution >= 0.6 is 0 Å². The average Bonchev–Trinajstić information content (AvgIpc) is 3.10. The molecule has 1 aliphatic heterocycles. The lowest BCUT2D eigenvalue weighted by Gasteiger charge is -2.37. The second-order valence-corrected chi connectivity index (χ2v) is 6.05. The smallest absolute Gasteiger partial charge is 0.349 e. The molecule has 0 saturated carbocycles. The molecule has 1 aromatic carbocycles. The lowest BCUT2D eigenvalue weighted by molar-refractivity contribution is -0.141. The summed E-state index contributed by atoms with van der Waals surface area (Å²) in [5.74, 6) is -1.86. The van der Waals surface area contributed by atoms with Gasteiger partial charge in [-0.15, -0.1) is 0 Å². The van der Waals surface area contributed by atoms with Crippen LogP contribution in [0.25, 0.3) is 0 Å². The molecule has 0 radical (unpaired) electrons. The summed E-state index contributed by atoms with van der Waals surface area (Å²) >= 11 is 0. The molecular weight excluding hydrogens is 348 g/mol. The maximum Gasteiger partial charge on any atom is 0.399 e. The number of benzene rings is 1. The summed E-state index contributed by atoms with van der Waals surface area (Å²) in [5.41, 5.74) is 0.696. The third-order valence-electron chi connectivity index (χ3n) is 4.48. The van der Waals surface area contributed by atoms with Gasteiger partial charge in [-0.2, -0.15) is 13.2 Å². The highest BCUT2D eigenvalue weighted by Gasteiger charge is 2.47. The summed E-state index contributed by atoms with van der Waals surface area (Å²) in [6.45, 7) is 0.384. The van der Waals surface area contributed by atoms with Gasteiger partial charge < -0.3 is 9.88 Å². The summed E-state index contributed by atoms with van der Waals surface area (Å²) in [6, 6.07) is 4.88. The first-order valence-corrected chi connectivity index (χ1v) is 8.01. The molecule has 1 aliphatic rings. The highest BCUT2D eigenvalue weighted by atomic mass is 19.4. The zero-order valence-corrected chi connectivity index (χ0v) is 13.5. The fraction of sp³-hybridized carbons (Fsp3) is 0.222. The van der Waals surface area contributed by atoms with Crippen molar-refractivity contribution in [2.24, 2.45) is 0 Å². The number of nitrogens with zero attached hydrogens (tertiary/aromatic N) is 3. The number of alkyl halides is 3. The predicted octanol–water partition coefficient (Wildman–Crippen LogP) is 4.33. The third-order valence-corrected chi connectivity index (χ3v) is 4.48. The highest BCUT2D eigenvalue weighted by Crippen LogP contribution is 2.51. The van der Waals surface area contributed by atoms with Crippen LogP contribution in [0.1, 0.15) is 22.9 Å². The van der Waals surface area contributed by atoms with Crippen LogP contribution in [0.3, 0.4) is 0 Å². The Labute approximate surface area is 146 Å². The van der Waals surface area contributed by atoms with Crippen molar-refractivity contribution in [3.63, 3.8) is 0 Å². The lowest BCUT2D eigenvalue weighted by Crippen LogP contribution is -2.33. The van der Waals surface area contributed by atoms with E-state index < -0.39 is 17.9 Å². The van der Waals surface area contributed by atoms with E-state index in [0.29, 0.717) is 24.3 Å². The van der Waals surface area contributed by atoms with E-state index in [4.69, 9.17) is 0 Å². The van der Waals surface area contributed by atoms with Crippen molar-refractivity contribution in [3.8, 4) is 0 Å². The number of rotatable bonds is 3. The SMILES string of the molecule is Fc1ccc2c(c1)C(C(F)(F)F)c1ccncc1N2CCc1ncc[nH]1. The second kappa shape index (κ2) is 6.12. The van der Waals surface area contributed by atoms with Gasteiger partial charge in [0.2, 0.25) is 0 Å². The van der Waals surface area contributed by atoms with Gasteiger partial charge in [0.05, 0.1) is 11.9 Å². The summed E-state index contributed by atoms with van der Waals surface area (Å²) in [7, 11) is 0. The molecule has 0 aliphatic carbocycles. The van der Waals surface area contributed by atoms with Crippen molar-refractivity contribution in [3.05, 3.63) is 71.8 Å². The summed E-state index contributed by atoms with van der Waals surface area (Å²) in [4.78, 5) is 12.8. The number of anilines is 2. The Balaban J connectivity index is 1.83. The largest absolute Gasteiger partial charge is 0.399 e. The van der Waals surface area contributed by atoms with Gasteiger partial charge >= 0.3 is 6.18 Å². The molecule has 26 heavy (non-hydrogen) atoms. The molecule has 0 spiro atoms. The fourth-order valence-corrected chi connectivity index (χ4v) is 3.41. The Bertz CT molecular complexity index is 921. The van der Waals surface area contributed by atoms with E-state index in [-0.39, 0.29) is 11.1 Å². The number of imidazole rings is 1. The quantitative estimate of drug-likeness (QED) is 0.706. The molecule has 0 fully saturated rings. The van der Waals surface area contributed by atoms with E-state index in [1.807, 2.05) is 0 Å². The molecule has 1 N–H and O–H groups in total. The number of aromatic amines is 1. The third kappa shape index (κ3) is 2.81. The van der Waals surface area contributed by atoms with Gasteiger partial charge in [0.15, 0.2) is 0 Å². The lowest BCUT2D eigenvalue weighted by atomic mass is 9.85. The van der Waals surface area contributed by atoms with Crippen molar-refractivity contribution in [1.82, 2.24) is 15.0 Å². The Kier molecular flexibility index (Phi) is 3.90. The molecule has 1 unspecified atom stereocenters. The average molecular weight is 362 g/mol. The van der Waals surface area contributed by atoms with Gasteiger partial charge in [-0.1, -0.05) is 0 Å². The Morgan fingerprint density at radius 2 is 1.92 bits per heavy atom. The molecule has 3 aromatic rings. The first kappa shape index (κ1) is 16.6. The molecule has 4 rings (SSSR count). The zero-order chi connectivity index (χ0) is 18.3. The van der Waals surface area contributed by atoms with E-state index in [2.05, 4.69) is 15.0 Å². The maximum absolute atomic E-state index is 13.8. The molecule has 0 saturated heterocycles. The van der Waals surface area contributed by atoms with Gasteiger partial charge in [0.1, 0.15) is 17.6 Å². The first-order valence-electron chi connectivity index (χ1n) is 8.01. The minimum atomic E-state index is -4.54. The fourth-order valence-electron chi connectivity index (χ4n) is 3.41. The number of fused-ring (bicyclic) bond motifs is 2. The van der Waals surface area contributed by atoms with Crippen molar-refractivity contribution >= 4 is 11.4 Å². The summed E-state index contributed by atoms with van der Waals surface area (Å²) < 4.78 is 55.1. The number of nitrogens with one attached hydrogen (secondary N) is 1. The van der Waals surface area contributed by atoms with Gasteiger partial charge in [-0.05, 0) is 35.4 Å². The zero-order valence-electron chi connectivity index (χ0n) is 13.5. The van der Waals surface area contributed by atoms with Crippen LogP contribution in [0.4, 0.5) is 28.9 Å². The molecule has 0 amide bonds. The topological polar surface area (TPSA) is 44.8 Å². The van der Waals surface area contributed by atoms with Crippen LogP contribution in [0.5, 0.6) is 0 Å². The van der Waals surface area contributed by atoms with Crippen LogP contribution in [-0.4, -0.2) is 27.7 Å². The second-order valence-electron chi connectivity index (χ2n) is 6.05. The predicted molar refractivity (Wildman–Crippen MR) is 87.8 cm³/mol. The van der Waals surface area contributed by atoms with Gasteiger partial charge in [0, 0.05) is 37.2 Å². The Morgan fingerprint density at radius 1 is 1.08 bits per heavy atom. The van der Waals surface area contributed by atoms with Crippen LogP contribution in [0.2, 0.25) is 0 Å². The van der Waals surface area contributed by atoms with E-state index >= 15 is 0 Å². The van der Waals surface area contributed by atoms with E-state index in [0.717, 1.165) is 11.9 Å². The minimum absolute atomic E-state index is 0.0741. The van der Waals surface area contributed by atoms with Gasteiger partial charge in [-0.25, -0.2) is 9.37 Å². The number of aromatic nitrogens is 3. The standard InChI is InChI=1S/C18H14F4N4/c19-11-1-2-14-13(9-11)17(18(20,21)22)12-3-5-23-10-15(12)26(14)8-4-16-24-6-7-25-16/h1-3,5-7,9-10,17H,4,8H2,(H,24,25). The van der Waals surface area contributed by atoms with Crippen molar-refractivity contribution < 1.29 is 17.6 Å². The van der Waals surface area contributed by atoms with Crippen molar-refractivity contribution in [1.29, 1.82) is 0 Å². The number of pyridine rings is 1. The molecular formula is C18H14F4N4. The summed E-state index contributed by atoms with van der Waals surface area (Å²) in [5, 5.41) is 0. The molecule has 2 aromatic heterocycles.